The van der Waals surface area contributed by atoms with Crippen molar-refractivity contribution in [2.75, 3.05) is 6.54 Å². The highest BCUT2D eigenvalue weighted by Crippen LogP contribution is 2.10. The van der Waals surface area contributed by atoms with Crippen LogP contribution >= 0.6 is 0 Å². The molecule has 2 amide bonds. The minimum atomic E-state index is -0.342. The van der Waals surface area contributed by atoms with Gasteiger partial charge in [0.1, 0.15) is 0 Å². The molecule has 0 saturated heterocycles. The Bertz CT molecular complexity index is 532. The molecule has 0 aromatic carbocycles. The molecule has 0 unspecified atom stereocenters. The van der Waals surface area contributed by atoms with Crippen LogP contribution < -0.4 is 10.7 Å². The first-order valence-corrected chi connectivity index (χ1v) is 9.71. The molecule has 1 rings (SSSR count). The number of carbonyl (C=O) groups excluding carboxylic acids is 2. The largest absolute Gasteiger partial charge is 0.347 e. The molecule has 0 bridgehead atoms. The zero-order valence-corrected chi connectivity index (χ0v) is 15.9. The molecule has 6 heteroatoms. The van der Waals surface area contributed by atoms with Crippen LogP contribution in [0.1, 0.15) is 76.7 Å². The minimum Gasteiger partial charge on any atom is -0.347 e. The van der Waals surface area contributed by atoms with Gasteiger partial charge in [0.25, 0.3) is 5.91 Å². The van der Waals surface area contributed by atoms with Gasteiger partial charge in [0, 0.05) is 24.4 Å². The smallest absolute Gasteiger partial charge is 0.259 e. The Morgan fingerprint density at radius 2 is 1.73 bits per heavy atom. The maximum atomic E-state index is 11.7. The number of nitrogens with zero attached hydrogens (tertiary/aromatic N) is 2. The Balaban J connectivity index is 1.97. The Kier molecular flexibility index (Phi) is 12.6. The first kappa shape index (κ1) is 21.8. The third kappa shape index (κ3) is 12.2. The van der Waals surface area contributed by atoms with Gasteiger partial charge in [0.15, 0.2) is 0 Å². The second-order valence-corrected chi connectivity index (χ2v) is 6.43. The lowest BCUT2D eigenvalue weighted by Crippen LogP contribution is -2.34. The van der Waals surface area contributed by atoms with E-state index >= 15 is 0 Å². The number of pyridine rings is 1. The highest BCUT2D eigenvalue weighted by molar-refractivity contribution is 5.86. The highest BCUT2D eigenvalue weighted by Gasteiger charge is 2.04. The third-order valence-electron chi connectivity index (χ3n) is 4.04. The Labute approximate surface area is 156 Å². The summed E-state index contributed by atoms with van der Waals surface area (Å²) in [5.74, 6) is -0.426. The van der Waals surface area contributed by atoms with Gasteiger partial charge in [-0.05, 0) is 12.5 Å². The van der Waals surface area contributed by atoms with Crippen molar-refractivity contribution in [1.82, 2.24) is 15.7 Å². The summed E-state index contributed by atoms with van der Waals surface area (Å²) in [6.07, 6.45) is 16.3. The Hall–Kier alpha value is -2.24. The van der Waals surface area contributed by atoms with Crippen molar-refractivity contribution < 1.29 is 9.59 Å². The van der Waals surface area contributed by atoms with E-state index < -0.39 is 0 Å². The van der Waals surface area contributed by atoms with Gasteiger partial charge in [-0.2, -0.15) is 5.10 Å². The van der Waals surface area contributed by atoms with Gasteiger partial charge in [0.05, 0.1) is 12.8 Å². The summed E-state index contributed by atoms with van der Waals surface area (Å²) >= 11 is 0. The van der Waals surface area contributed by atoms with Crippen LogP contribution in [0.15, 0.2) is 29.6 Å². The van der Waals surface area contributed by atoms with Crippen LogP contribution in [0.5, 0.6) is 0 Å². The molecule has 0 radical (unpaired) electrons. The number of hydrogen-bond donors (Lipinski definition) is 2. The van der Waals surface area contributed by atoms with Crippen LogP contribution in [0.25, 0.3) is 0 Å². The quantitative estimate of drug-likeness (QED) is 0.302. The average molecular weight is 361 g/mol. The fourth-order valence-electron chi connectivity index (χ4n) is 2.53. The lowest BCUT2D eigenvalue weighted by molar-refractivity contribution is -0.126. The van der Waals surface area contributed by atoms with Gasteiger partial charge in [-0.15, -0.1) is 0 Å². The molecular formula is C20H32N4O2. The van der Waals surface area contributed by atoms with Gasteiger partial charge in [-0.25, -0.2) is 5.43 Å². The van der Waals surface area contributed by atoms with Crippen LogP contribution in [-0.2, 0) is 9.59 Å². The summed E-state index contributed by atoms with van der Waals surface area (Å²) in [4.78, 5) is 27.3. The number of hydrogen-bond acceptors (Lipinski definition) is 4. The van der Waals surface area contributed by atoms with Gasteiger partial charge in [-0.1, -0.05) is 64.4 Å². The maximum absolute atomic E-state index is 11.7. The molecule has 144 valence electrons. The van der Waals surface area contributed by atoms with E-state index in [0.717, 1.165) is 18.4 Å². The van der Waals surface area contributed by atoms with Crippen LogP contribution in [0.4, 0.5) is 0 Å². The summed E-state index contributed by atoms with van der Waals surface area (Å²) in [6, 6.07) is 3.62. The second kappa shape index (κ2) is 15.0. The normalized spacial score (nSPS) is 10.8. The van der Waals surface area contributed by atoms with Gasteiger partial charge >= 0.3 is 0 Å². The SMILES string of the molecule is CCCCCCCCCCCC(=O)NCC(=O)NN=Cc1cccnc1. The molecule has 0 saturated carbocycles. The number of amides is 2. The van der Waals surface area contributed by atoms with Crippen molar-refractivity contribution in [2.24, 2.45) is 5.10 Å². The molecule has 6 nitrogen and oxygen atoms in total. The van der Waals surface area contributed by atoms with E-state index in [1.807, 2.05) is 6.07 Å². The zero-order valence-electron chi connectivity index (χ0n) is 15.9. The predicted octanol–water partition coefficient (Wildman–Crippen LogP) is 3.57. The lowest BCUT2D eigenvalue weighted by Gasteiger charge is -2.04. The molecule has 0 atom stereocenters. The predicted molar refractivity (Wildman–Crippen MR) is 105 cm³/mol. The van der Waals surface area contributed by atoms with Crippen molar-refractivity contribution >= 4 is 18.0 Å². The Morgan fingerprint density at radius 3 is 2.38 bits per heavy atom. The van der Waals surface area contributed by atoms with E-state index in [0.29, 0.717) is 6.42 Å². The number of carbonyl (C=O) groups is 2. The number of rotatable bonds is 14. The zero-order chi connectivity index (χ0) is 18.9. The molecular weight excluding hydrogens is 328 g/mol. The minimum absolute atomic E-state index is 0.0549. The first-order valence-electron chi connectivity index (χ1n) is 9.71. The summed E-state index contributed by atoms with van der Waals surface area (Å²) in [5, 5.41) is 6.45. The number of nitrogens with one attached hydrogen (secondary N) is 2. The molecule has 1 aromatic rings. The van der Waals surface area contributed by atoms with Gasteiger partial charge in [-0.3, -0.25) is 14.6 Å². The molecule has 26 heavy (non-hydrogen) atoms. The van der Waals surface area contributed by atoms with Gasteiger partial charge in [0.2, 0.25) is 5.91 Å². The first-order chi connectivity index (χ1) is 12.7. The maximum Gasteiger partial charge on any atom is 0.259 e. The highest BCUT2D eigenvalue weighted by atomic mass is 16.2. The standard InChI is InChI=1S/C20H32N4O2/c1-2-3-4-5-6-7-8-9-10-13-19(25)22-17-20(26)24-23-16-18-12-11-14-21-15-18/h11-12,14-16H,2-10,13,17H2,1H3,(H,22,25)(H,24,26). The molecule has 2 N–H and O–H groups in total. The van der Waals surface area contributed by atoms with Crippen molar-refractivity contribution in [1.29, 1.82) is 0 Å². The second-order valence-electron chi connectivity index (χ2n) is 6.43. The summed E-state index contributed by atoms with van der Waals surface area (Å²) in [5.41, 5.74) is 3.17. The third-order valence-corrected chi connectivity index (χ3v) is 4.04. The number of aromatic nitrogens is 1. The summed E-state index contributed by atoms with van der Waals surface area (Å²) in [7, 11) is 0. The topological polar surface area (TPSA) is 83.5 Å². The summed E-state index contributed by atoms with van der Waals surface area (Å²) < 4.78 is 0. The van der Waals surface area contributed by atoms with Crippen LogP contribution in [-0.4, -0.2) is 29.6 Å². The number of hydrazone groups is 1. The molecule has 0 aliphatic rings. The molecule has 0 fully saturated rings. The van der Waals surface area contributed by atoms with Crippen molar-refractivity contribution in [2.45, 2.75) is 71.1 Å². The molecule has 0 spiro atoms. The van der Waals surface area contributed by atoms with Crippen LogP contribution in [0.2, 0.25) is 0 Å². The average Bonchev–Trinajstić information content (AvgIpc) is 2.66. The van der Waals surface area contributed by atoms with E-state index in [-0.39, 0.29) is 18.4 Å². The van der Waals surface area contributed by atoms with E-state index in [1.165, 1.54) is 51.2 Å². The fourth-order valence-corrected chi connectivity index (χ4v) is 2.53. The van der Waals surface area contributed by atoms with Crippen molar-refractivity contribution in [3.8, 4) is 0 Å². The lowest BCUT2D eigenvalue weighted by atomic mass is 10.1. The Morgan fingerprint density at radius 1 is 1.04 bits per heavy atom. The van der Waals surface area contributed by atoms with Crippen molar-refractivity contribution in [3.05, 3.63) is 30.1 Å². The van der Waals surface area contributed by atoms with Crippen LogP contribution in [0, 0.1) is 0 Å². The van der Waals surface area contributed by atoms with Gasteiger partial charge < -0.3 is 5.32 Å². The number of unbranched alkanes of at least 4 members (excludes halogenated alkanes) is 8. The van der Waals surface area contributed by atoms with E-state index in [4.69, 9.17) is 0 Å². The monoisotopic (exact) mass is 360 g/mol. The molecule has 0 aliphatic heterocycles. The van der Waals surface area contributed by atoms with Crippen molar-refractivity contribution in [3.63, 3.8) is 0 Å². The molecule has 1 aromatic heterocycles. The van der Waals surface area contributed by atoms with Crippen LogP contribution in [0.3, 0.4) is 0 Å². The molecule has 1 heterocycles. The van der Waals surface area contributed by atoms with E-state index in [9.17, 15) is 9.59 Å². The summed E-state index contributed by atoms with van der Waals surface area (Å²) in [6.45, 7) is 2.17. The fraction of sp³-hybridized carbons (Fsp3) is 0.600. The molecule has 0 aliphatic carbocycles. The van der Waals surface area contributed by atoms with E-state index in [2.05, 4.69) is 27.8 Å². The van der Waals surface area contributed by atoms with E-state index in [1.54, 1.807) is 18.5 Å².